The Bertz CT molecular complexity index is 999. The van der Waals surface area contributed by atoms with Crippen molar-refractivity contribution in [2.75, 3.05) is 5.32 Å². The van der Waals surface area contributed by atoms with Crippen LogP contribution >= 0.6 is 11.6 Å². The van der Waals surface area contributed by atoms with E-state index in [1.165, 1.54) is 12.3 Å². The van der Waals surface area contributed by atoms with E-state index in [9.17, 15) is 14.7 Å². The summed E-state index contributed by atoms with van der Waals surface area (Å²) in [4.78, 5) is 23.1. The summed E-state index contributed by atoms with van der Waals surface area (Å²) in [6.07, 6.45) is 1.31. The van der Waals surface area contributed by atoms with Crippen molar-refractivity contribution in [3.63, 3.8) is 0 Å². The highest BCUT2D eigenvalue weighted by Gasteiger charge is 2.15. The maximum Gasteiger partial charge on any atom is 0.339 e. The number of anilines is 1. The molecule has 136 valence electrons. The fourth-order valence-electron chi connectivity index (χ4n) is 2.31. The number of carbonyl (C=O) groups excluding carboxylic acids is 1. The van der Waals surface area contributed by atoms with Gasteiger partial charge in [-0.25, -0.2) is 15.0 Å². The number of aromatic carboxylic acids is 1. The number of carboxylic acid groups (broad SMARTS) is 1. The van der Waals surface area contributed by atoms with Crippen LogP contribution in [-0.4, -0.2) is 23.3 Å². The first-order chi connectivity index (χ1) is 13.0. The largest absolute Gasteiger partial charge is 0.478 e. The zero-order valence-corrected chi connectivity index (χ0v) is 14.6. The highest BCUT2D eigenvalue weighted by Crippen LogP contribution is 2.28. The lowest BCUT2D eigenvalue weighted by Gasteiger charge is -2.03. The van der Waals surface area contributed by atoms with E-state index in [-0.39, 0.29) is 5.56 Å². The van der Waals surface area contributed by atoms with Crippen LogP contribution in [0, 0.1) is 0 Å². The van der Waals surface area contributed by atoms with Crippen LogP contribution in [-0.2, 0) is 0 Å². The lowest BCUT2D eigenvalue weighted by molar-refractivity contribution is 0.0697. The molecule has 0 fully saturated rings. The fraction of sp³-hybridized carbons (Fsp3) is 0. The molecule has 1 heterocycles. The average Bonchev–Trinajstić information content (AvgIpc) is 3.11. The molecular formula is C19H14ClN3O4. The molecule has 1 aromatic heterocycles. The maximum atomic E-state index is 11.7. The van der Waals surface area contributed by atoms with Gasteiger partial charge in [-0.1, -0.05) is 29.8 Å². The summed E-state index contributed by atoms with van der Waals surface area (Å²) < 4.78 is 5.57. The number of hydrazone groups is 1. The second-order valence-corrected chi connectivity index (χ2v) is 5.82. The van der Waals surface area contributed by atoms with Gasteiger partial charge in [0.2, 0.25) is 0 Å². The van der Waals surface area contributed by atoms with E-state index in [1.54, 1.807) is 48.5 Å². The van der Waals surface area contributed by atoms with Crippen molar-refractivity contribution in [1.82, 2.24) is 5.43 Å². The van der Waals surface area contributed by atoms with Gasteiger partial charge in [-0.05, 0) is 42.5 Å². The summed E-state index contributed by atoms with van der Waals surface area (Å²) in [5.74, 6) is -0.422. The van der Waals surface area contributed by atoms with Gasteiger partial charge < -0.3 is 14.8 Å². The van der Waals surface area contributed by atoms with Gasteiger partial charge in [-0.2, -0.15) is 5.10 Å². The molecule has 27 heavy (non-hydrogen) atoms. The molecule has 7 nitrogen and oxygen atoms in total. The lowest BCUT2D eigenvalue weighted by atomic mass is 10.1. The molecule has 8 heteroatoms. The summed E-state index contributed by atoms with van der Waals surface area (Å²) >= 11 is 5.85. The second kappa shape index (κ2) is 8.20. The number of hydrogen-bond acceptors (Lipinski definition) is 4. The minimum atomic E-state index is -1.11. The Morgan fingerprint density at radius 1 is 1.07 bits per heavy atom. The Labute approximate surface area is 159 Å². The Kier molecular flexibility index (Phi) is 5.53. The number of amides is 2. The minimum Gasteiger partial charge on any atom is -0.478 e. The first-order valence-corrected chi connectivity index (χ1v) is 8.19. The standard InChI is InChI=1S/C19H14ClN3O4/c20-12-6-8-15(16(10-12)18(24)25)17-9-7-14(27-17)11-21-23-19(26)22-13-4-2-1-3-5-13/h1-11H,(H,24,25)(H2,22,23,26)/b21-11-. The van der Waals surface area contributed by atoms with Crippen LogP contribution in [0.2, 0.25) is 5.02 Å². The maximum absolute atomic E-state index is 11.7. The van der Waals surface area contributed by atoms with E-state index in [2.05, 4.69) is 15.8 Å². The number of para-hydroxylation sites is 1. The predicted octanol–water partition coefficient (Wildman–Crippen LogP) is 4.45. The summed E-state index contributed by atoms with van der Waals surface area (Å²) in [7, 11) is 0. The van der Waals surface area contributed by atoms with Crippen molar-refractivity contribution in [2.24, 2.45) is 5.10 Å². The third-order valence-electron chi connectivity index (χ3n) is 3.49. The summed E-state index contributed by atoms with van der Waals surface area (Å²) in [5, 5.41) is 16.0. The van der Waals surface area contributed by atoms with E-state index in [4.69, 9.17) is 16.0 Å². The average molecular weight is 384 g/mol. The van der Waals surface area contributed by atoms with Crippen LogP contribution in [0.25, 0.3) is 11.3 Å². The lowest BCUT2D eigenvalue weighted by Crippen LogP contribution is -2.24. The van der Waals surface area contributed by atoms with Gasteiger partial charge in [0.1, 0.15) is 11.5 Å². The summed E-state index contributed by atoms with van der Waals surface area (Å²) in [6.45, 7) is 0. The molecule has 0 aliphatic rings. The SMILES string of the molecule is O=C(N/N=C\c1ccc(-c2ccc(Cl)cc2C(=O)O)o1)Nc1ccccc1. The third-order valence-corrected chi connectivity index (χ3v) is 3.73. The first kappa shape index (κ1) is 18.2. The number of benzene rings is 2. The zero-order valence-electron chi connectivity index (χ0n) is 13.8. The van der Waals surface area contributed by atoms with Crippen LogP contribution in [0.4, 0.5) is 10.5 Å². The van der Waals surface area contributed by atoms with Gasteiger partial charge in [0, 0.05) is 16.3 Å². The summed E-state index contributed by atoms with van der Waals surface area (Å²) in [6, 6.07) is 16.1. The quantitative estimate of drug-likeness (QED) is 0.447. The molecule has 0 spiro atoms. The van der Waals surface area contributed by atoms with Crippen molar-refractivity contribution < 1.29 is 19.1 Å². The molecule has 2 amide bonds. The topological polar surface area (TPSA) is 104 Å². The van der Waals surface area contributed by atoms with Crippen LogP contribution in [0.15, 0.2) is 70.2 Å². The Morgan fingerprint density at radius 2 is 1.85 bits per heavy atom. The number of rotatable bonds is 5. The van der Waals surface area contributed by atoms with E-state index in [1.807, 2.05) is 6.07 Å². The van der Waals surface area contributed by atoms with Crippen LogP contribution in [0.1, 0.15) is 16.1 Å². The van der Waals surface area contributed by atoms with Crippen molar-refractivity contribution >= 4 is 35.5 Å². The van der Waals surface area contributed by atoms with E-state index >= 15 is 0 Å². The van der Waals surface area contributed by atoms with Crippen molar-refractivity contribution in [3.05, 3.63) is 77.0 Å². The molecule has 0 unspecified atom stereocenters. The minimum absolute atomic E-state index is 0.0284. The molecule has 0 radical (unpaired) electrons. The van der Waals surface area contributed by atoms with Gasteiger partial charge >= 0.3 is 12.0 Å². The highest BCUT2D eigenvalue weighted by atomic mass is 35.5. The van der Waals surface area contributed by atoms with E-state index in [0.29, 0.717) is 27.8 Å². The van der Waals surface area contributed by atoms with Gasteiger partial charge in [0.05, 0.1) is 11.8 Å². The van der Waals surface area contributed by atoms with E-state index in [0.717, 1.165) is 0 Å². The molecule has 0 saturated heterocycles. The van der Waals surface area contributed by atoms with Gasteiger partial charge in [-0.15, -0.1) is 0 Å². The molecular weight excluding hydrogens is 370 g/mol. The Morgan fingerprint density at radius 3 is 2.59 bits per heavy atom. The number of furan rings is 1. The van der Waals surface area contributed by atoms with Gasteiger partial charge in [0.25, 0.3) is 0 Å². The molecule has 3 N–H and O–H groups in total. The van der Waals surface area contributed by atoms with E-state index < -0.39 is 12.0 Å². The number of carbonyl (C=O) groups is 2. The molecule has 0 aliphatic heterocycles. The molecule has 0 bridgehead atoms. The van der Waals surface area contributed by atoms with Gasteiger partial charge in [-0.3, -0.25) is 0 Å². The third kappa shape index (κ3) is 4.74. The Balaban J connectivity index is 1.67. The van der Waals surface area contributed by atoms with Gasteiger partial charge in [0.15, 0.2) is 0 Å². The molecule has 3 aromatic rings. The predicted molar refractivity (Wildman–Crippen MR) is 102 cm³/mol. The van der Waals surface area contributed by atoms with Crippen molar-refractivity contribution in [3.8, 4) is 11.3 Å². The normalized spacial score (nSPS) is 10.7. The molecule has 0 saturated carbocycles. The fourth-order valence-corrected chi connectivity index (χ4v) is 2.48. The van der Waals surface area contributed by atoms with Crippen molar-refractivity contribution in [1.29, 1.82) is 0 Å². The number of nitrogens with zero attached hydrogens (tertiary/aromatic N) is 1. The van der Waals surface area contributed by atoms with Crippen LogP contribution < -0.4 is 10.7 Å². The number of nitrogens with one attached hydrogen (secondary N) is 2. The second-order valence-electron chi connectivity index (χ2n) is 5.39. The molecule has 2 aromatic carbocycles. The van der Waals surface area contributed by atoms with Crippen molar-refractivity contribution in [2.45, 2.75) is 0 Å². The molecule has 0 atom stereocenters. The number of urea groups is 1. The monoisotopic (exact) mass is 383 g/mol. The number of halogens is 1. The summed E-state index contributed by atoms with van der Waals surface area (Å²) in [5.41, 5.74) is 3.37. The zero-order chi connectivity index (χ0) is 19.2. The van der Waals surface area contributed by atoms with Crippen LogP contribution in [0.3, 0.4) is 0 Å². The smallest absolute Gasteiger partial charge is 0.339 e. The number of hydrogen-bond donors (Lipinski definition) is 3. The molecule has 3 rings (SSSR count). The molecule has 0 aliphatic carbocycles. The first-order valence-electron chi connectivity index (χ1n) is 7.81. The van der Waals surface area contributed by atoms with Crippen LogP contribution in [0.5, 0.6) is 0 Å². The highest BCUT2D eigenvalue weighted by molar-refractivity contribution is 6.31. The number of carboxylic acids is 1. The Hall–Kier alpha value is -3.58.